The number of amides is 2. The molecule has 0 aliphatic carbocycles. The number of Topliss-reactive ketones (excluding diaryl/α,β-unsaturated/α-hetero) is 1. The average Bonchev–Trinajstić information content (AvgIpc) is 3.05. The molecule has 1 aliphatic rings. The van der Waals surface area contributed by atoms with Crippen LogP contribution in [0.3, 0.4) is 0 Å². The number of hydrogen-bond acceptors (Lipinski definition) is 4. The predicted molar refractivity (Wildman–Crippen MR) is 103 cm³/mol. The molecule has 3 rings (SSSR count). The molecule has 0 spiro atoms. The van der Waals surface area contributed by atoms with Crippen molar-refractivity contribution in [1.82, 2.24) is 0 Å². The summed E-state index contributed by atoms with van der Waals surface area (Å²) in [6, 6.07) is 14.0. The number of carbonyl (C=O) groups is 3. The van der Waals surface area contributed by atoms with E-state index < -0.39 is 5.92 Å². The van der Waals surface area contributed by atoms with Gasteiger partial charge in [0.2, 0.25) is 11.8 Å². The molecule has 2 aromatic rings. The Morgan fingerprint density at radius 2 is 1.93 bits per heavy atom. The van der Waals surface area contributed by atoms with Crippen LogP contribution in [-0.2, 0) is 9.59 Å². The lowest BCUT2D eigenvalue weighted by Crippen LogP contribution is -2.28. The Hall–Kier alpha value is -3.15. The summed E-state index contributed by atoms with van der Waals surface area (Å²) in [5.41, 5.74) is 1.84. The second-order valence-corrected chi connectivity index (χ2v) is 6.46. The summed E-state index contributed by atoms with van der Waals surface area (Å²) in [6.45, 7) is 4.29. The van der Waals surface area contributed by atoms with E-state index in [-0.39, 0.29) is 24.0 Å². The summed E-state index contributed by atoms with van der Waals surface area (Å²) in [4.78, 5) is 38.0. The van der Waals surface area contributed by atoms with E-state index in [0.29, 0.717) is 24.4 Å². The highest BCUT2D eigenvalue weighted by molar-refractivity contribution is 6.04. The van der Waals surface area contributed by atoms with E-state index in [1.807, 2.05) is 31.2 Å². The molecular weight excluding hydrogens is 344 g/mol. The van der Waals surface area contributed by atoms with E-state index in [1.54, 1.807) is 29.2 Å². The molecule has 27 heavy (non-hydrogen) atoms. The fourth-order valence-electron chi connectivity index (χ4n) is 3.08. The van der Waals surface area contributed by atoms with Crippen LogP contribution in [0.1, 0.15) is 30.6 Å². The maximum atomic E-state index is 12.6. The standard InChI is InChI=1S/C21H22N2O4/c1-3-27-19-9-7-18(8-10-19)23-13-16(12-20(23)25)21(26)22-17-6-4-5-15(11-17)14(2)24/h4-11,16H,3,12-13H2,1-2H3,(H,22,26)/t16-/m0/s1. The van der Waals surface area contributed by atoms with Crippen LogP contribution in [0.5, 0.6) is 5.75 Å². The molecule has 0 aromatic heterocycles. The van der Waals surface area contributed by atoms with E-state index in [9.17, 15) is 14.4 Å². The highest BCUT2D eigenvalue weighted by atomic mass is 16.5. The van der Waals surface area contributed by atoms with Crippen molar-refractivity contribution in [3.63, 3.8) is 0 Å². The molecule has 1 N–H and O–H groups in total. The zero-order valence-electron chi connectivity index (χ0n) is 15.4. The molecule has 0 unspecified atom stereocenters. The molecular formula is C21H22N2O4. The molecule has 0 bridgehead atoms. The van der Waals surface area contributed by atoms with Gasteiger partial charge in [-0.05, 0) is 50.2 Å². The zero-order chi connectivity index (χ0) is 19.4. The minimum atomic E-state index is -0.440. The monoisotopic (exact) mass is 366 g/mol. The molecule has 1 atom stereocenters. The van der Waals surface area contributed by atoms with Gasteiger partial charge >= 0.3 is 0 Å². The van der Waals surface area contributed by atoms with E-state index in [2.05, 4.69) is 5.32 Å². The van der Waals surface area contributed by atoms with E-state index in [0.717, 1.165) is 11.4 Å². The molecule has 6 nitrogen and oxygen atoms in total. The first kappa shape index (κ1) is 18.6. The molecule has 2 aromatic carbocycles. The Kier molecular flexibility index (Phi) is 5.54. The summed E-state index contributed by atoms with van der Waals surface area (Å²) >= 11 is 0. The van der Waals surface area contributed by atoms with Crippen LogP contribution in [-0.4, -0.2) is 30.7 Å². The molecule has 0 saturated carbocycles. The van der Waals surface area contributed by atoms with Gasteiger partial charge in [0, 0.05) is 29.9 Å². The van der Waals surface area contributed by atoms with Gasteiger partial charge in [-0.3, -0.25) is 14.4 Å². The van der Waals surface area contributed by atoms with Crippen LogP contribution < -0.4 is 15.0 Å². The number of ether oxygens (including phenoxy) is 1. The number of nitrogens with zero attached hydrogens (tertiary/aromatic N) is 1. The fraction of sp³-hybridized carbons (Fsp3) is 0.286. The highest BCUT2D eigenvalue weighted by Gasteiger charge is 2.35. The second-order valence-electron chi connectivity index (χ2n) is 6.46. The summed E-state index contributed by atoms with van der Waals surface area (Å²) in [6.07, 6.45) is 0.158. The van der Waals surface area contributed by atoms with Gasteiger partial charge in [-0.15, -0.1) is 0 Å². The van der Waals surface area contributed by atoms with Gasteiger partial charge in [0.15, 0.2) is 5.78 Å². The fourth-order valence-corrected chi connectivity index (χ4v) is 3.08. The Bertz CT molecular complexity index is 861. The topological polar surface area (TPSA) is 75.7 Å². The third-order valence-electron chi connectivity index (χ3n) is 4.49. The first-order valence-corrected chi connectivity index (χ1v) is 8.93. The van der Waals surface area contributed by atoms with Crippen molar-refractivity contribution in [2.24, 2.45) is 5.92 Å². The molecule has 6 heteroatoms. The number of anilines is 2. The predicted octanol–water partition coefficient (Wildman–Crippen LogP) is 3.28. The van der Waals surface area contributed by atoms with Crippen LogP contribution in [0.15, 0.2) is 48.5 Å². The van der Waals surface area contributed by atoms with E-state index in [4.69, 9.17) is 4.74 Å². The number of hydrogen-bond donors (Lipinski definition) is 1. The number of nitrogens with one attached hydrogen (secondary N) is 1. The summed E-state index contributed by atoms with van der Waals surface area (Å²) in [7, 11) is 0. The van der Waals surface area contributed by atoms with Gasteiger partial charge < -0.3 is 15.0 Å². The SMILES string of the molecule is CCOc1ccc(N2C[C@@H](C(=O)Nc3cccc(C(C)=O)c3)CC2=O)cc1. The molecule has 1 saturated heterocycles. The Morgan fingerprint density at radius 3 is 2.59 bits per heavy atom. The lowest BCUT2D eigenvalue weighted by atomic mass is 10.1. The van der Waals surface area contributed by atoms with Gasteiger partial charge in [0.1, 0.15) is 5.75 Å². The van der Waals surface area contributed by atoms with Crippen molar-refractivity contribution >= 4 is 29.0 Å². The van der Waals surface area contributed by atoms with Gasteiger partial charge in [-0.1, -0.05) is 12.1 Å². The maximum Gasteiger partial charge on any atom is 0.229 e. The highest BCUT2D eigenvalue weighted by Crippen LogP contribution is 2.27. The molecule has 1 fully saturated rings. The lowest BCUT2D eigenvalue weighted by molar-refractivity contribution is -0.122. The quantitative estimate of drug-likeness (QED) is 0.796. The third-order valence-corrected chi connectivity index (χ3v) is 4.49. The first-order valence-electron chi connectivity index (χ1n) is 8.93. The van der Waals surface area contributed by atoms with Crippen LogP contribution in [0, 0.1) is 5.92 Å². The van der Waals surface area contributed by atoms with Crippen LogP contribution in [0.4, 0.5) is 11.4 Å². The normalized spacial score (nSPS) is 16.3. The van der Waals surface area contributed by atoms with Crippen LogP contribution >= 0.6 is 0 Å². The van der Waals surface area contributed by atoms with Crippen molar-refractivity contribution in [2.75, 3.05) is 23.4 Å². The van der Waals surface area contributed by atoms with Crippen molar-refractivity contribution < 1.29 is 19.1 Å². The van der Waals surface area contributed by atoms with Crippen molar-refractivity contribution in [3.8, 4) is 5.75 Å². The average molecular weight is 366 g/mol. The third kappa shape index (κ3) is 4.34. The lowest BCUT2D eigenvalue weighted by Gasteiger charge is -2.17. The minimum absolute atomic E-state index is 0.0659. The number of ketones is 1. The van der Waals surface area contributed by atoms with Gasteiger partial charge in [-0.25, -0.2) is 0 Å². The van der Waals surface area contributed by atoms with Crippen molar-refractivity contribution in [2.45, 2.75) is 20.3 Å². The number of carbonyl (C=O) groups excluding carboxylic acids is 3. The zero-order valence-corrected chi connectivity index (χ0v) is 15.4. The van der Waals surface area contributed by atoms with Crippen molar-refractivity contribution in [3.05, 3.63) is 54.1 Å². The molecule has 1 aliphatic heterocycles. The summed E-state index contributed by atoms with van der Waals surface area (Å²) < 4.78 is 5.41. The Labute approximate surface area is 158 Å². The molecule has 0 radical (unpaired) electrons. The van der Waals surface area contributed by atoms with E-state index in [1.165, 1.54) is 6.92 Å². The molecule has 140 valence electrons. The first-order chi connectivity index (χ1) is 13.0. The smallest absolute Gasteiger partial charge is 0.229 e. The largest absolute Gasteiger partial charge is 0.494 e. The van der Waals surface area contributed by atoms with Crippen LogP contribution in [0.25, 0.3) is 0 Å². The second kappa shape index (κ2) is 8.03. The van der Waals surface area contributed by atoms with Gasteiger partial charge in [0.25, 0.3) is 0 Å². The Balaban J connectivity index is 1.66. The van der Waals surface area contributed by atoms with Crippen molar-refractivity contribution in [1.29, 1.82) is 0 Å². The summed E-state index contributed by atoms with van der Waals surface area (Å²) in [5, 5.41) is 2.81. The minimum Gasteiger partial charge on any atom is -0.494 e. The Morgan fingerprint density at radius 1 is 1.19 bits per heavy atom. The van der Waals surface area contributed by atoms with Gasteiger partial charge in [-0.2, -0.15) is 0 Å². The maximum absolute atomic E-state index is 12.6. The number of rotatable bonds is 6. The molecule has 1 heterocycles. The summed E-state index contributed by atoms with van der Waals surface area (Å²) in [5.74, 6) is -0.0734. The number of benzene rings is 2. The molecule has 2 amide bonds. The van der Waals surface area contributed by atoms with Crippen LogP contribution in [0.2, 0.25) is 0 Å². The van der Waals surface area contributed by atoms with Gasteiger partial charge in [0.05, 0.1) is 12.5 Å². The van der Waals surface area contributed by atoms with E-state index >= 15 is 0 Å².